The summed E-state index contributed by atoms with van der Waals surface area (Å²) >= 11 is 0. The minimum atomic E-state index is -4.20. The molecule has 2 unspecified atom stereocenters. The molecule has 2 aliphatic heterocycles. The summed E-state index contributed by atoms with van der Waals surface area (Å²) in [6.45, 7) is 8.25. The number of amides is 2. The average molecular weight is 398 g/mol. The van der Waals surface area contributed by atoms with E-state index >= 15 is 0 Å². The number of benzene rings is 1. The molecule has 0 aromatic heterocycles. The molecule has 0 spiro atoms. The van der Waals surface area contributed by atoms with Crippen molar-refractivity contribution in [3.8, 4) is 0 Å². The maximum Gasteiger partial charge on any atom is 0.494 e. The van der Waals surface area contributed by atoms with Gasteiger partial charge in [-0.2, -0.15) is 13.2 Å². The number of likely N-dealkylation sites (tertiary alicyclic amines) is 1. The van der Waals surface area contributed by atoms with E-state index in [2.05, 4.69) is 5.32 Å². The molecule has 2 aliphatic rings. The van der Waals surface area contributed by atoms with Crippen molar-refractivity contribution < 1.29 is 27.3 Å². The molecule has 2 fully saturated rings. The van der Waals surface area contributed by atoms with E-state index in [0.717, 1.165) is 11.0 Å². The van der Waals surface area contributed by atoms with E-state index < -0.39 is 31.2 Å². The molecule has 2 atom stereocenters. The van der Waals surface area contributed by atoms with Gasteiger partial charge in [0.2, 0.25) is 0 Å². The number of anilines is 1. The Morgan fingerprint density at radius 3 is 2.71 bits per heavy atom. The third-order valence-electron chi connectivity index (χ3n) is 5.60. The van der Waals surface area contributed by atoms with Gasteiger partial charge in [-0.15, -0.1) is 0 Å². The minimum absolute atomic E-state index is 0.0784. The standard InChI is InChI=1S/C19H26BF3N2O3/c1-12-5-6-15(9-16(12)20-27-13(2)18(3,4)28-20)24-17(26)25-8-7-14(11-25)10-19(21,22)23/h5-6,9,13-14H,7-8,10-11H2,1-4H3,(H,24,26). The molecule has 0 bridgehead atoms. The topological polar surface area (TPSA) is 50.8 Å². The first-order chi connectivity index (χ1) is 12.9. The Labute approximate surface area is 163 Å². The number of urea groups is 1. The van der Waals surface area contributed by atoms with E-state index in [1.165, 1.54) is 4.90 Å². The molecule has 3 rings (SSSR count). The van der Waals surface area contributed by atoms with Crippen molar-refractivity contribution in [3.63, 3.8) is 0 Å². The maximum atomic E-state index is 12.6. The average Bonchev–Trinajstić information content (AvgIpc) is 3.12. The van der Waals surface area contributed by atoms with Crippen LogP contribution >= 0.6 is 0 Å². The summed E-state index contributed by atoms with van der Waals surface area (Å²) in [6.07, 6.45) is -4.77. The Kier molecular flexibility index (Phi) is 5.69. The number of alkyl halides is 3. The van der Waals surface area contributed by atoms with Gasteiger partial charge in [0.1, 0.15) is 0 Å². The normalized spacial score (nSPS) is 24.7. The molecule has 154 valence electrons. The highest BCUT2D eigenvalue weighted by Gasteiger charge is 2.44. The van der Waals surface area contributed by atoms with Crippen molar-refractivity contribution in [2.24, 2.45) is 5.92 Å². The predicted octanol–water partition coefficient (Wildman–Crippen LogP) is 3.71. The van der Waals surface area contributed by atoms with Gasteiger partial charge < -0.3 is 19.5 Å². The summed E-state index contributed by atoms with van der Waals surface area (Å²) in [5.41, 5.74) is 1.94. The van der Waals surface area contributed by atoms with Crippen LogP contribution in [0.3, 0.4) is 0 Å². The second-order valence-electron chi connectivity index (χ2n) is 8.25. The Balaban J connectivity index is 1.65. The number of carbonyl (C=O) groups is 1. The molecule has 2 amide bonds. The van der Waals surface area contributed by atoms with Crippen molar-refractivity contribution in [2.75, 3.05) is 18.4 Å². The van der Waals surface area contributed by atoms with Crippen LogP contribution in [0.15, 0.2) is 18.2 Å². The van der Waals surface area contributed by atoms with Gasteiger partial charge in [-0.3, -0.25) is 0 Å². The molecular formula is C19H26BF3N2O3. The molecule has 0 radical (unpaired) electrons. The van der Waals surface area contributed by atoms with Crippen LogP contribution in [0.1, 0.15) is 39.2 Å². The fourth-order valence-electron chi connectivity index (χ4n) is 3.57. The van der Waals surface area contributed by atoms with E-state index in [9.17, 15) is 18.0 Å². The van der Waals surface area contributed by atoms with E-state index in [1.807, 2.05) is 33.8 Å². The summed E-state index contributed by atoms with van der Waals surface area (Å²) in [4.78, 5) is 13.9. The lowest BCUT2D eigenvalue weighted by atomic mass is 9.76. The van der Waals surface area contributed by atoms with Gasteiger partial charge >= 0.3 is 19.3 Å². The first-order valence-corrected chi connectivity index (χ1v) is 9.51. The van der Waals surface area contributed by atoms with Gasteiger partial charge in [-0.1, -0.05) is 11.6 Å². The lowest BCUT2D eigenvalue weighted by Gasteiger charge is -2.21. The zero-order valence-corrected chi connectivity index (χ0v) is 16.6. The Morgan fingerprint density at radius 2 is 2.11 bits per heavy atom. The minimum Gasteiger partial charge on any atom is -0.402 e. The molecule has 9 heteroatoms. The molecule has 28 heavy (non-hydrogen) atoms. The Hall–Kier alpha value is -1.74. The SMILES string of the molecule is Cc1ccc(NC(=O)N2CCC(CC(F)(F)F)C2)cc1B1OC(C)C(C)(C)O1. The van der Waals surface area contributed by atoms with Crippen LogP contribution in [-0.4, -0.2) is 49.0 Å². The van der Waals surface area contributed by atoms with Crippen molar-refractivity contribution >= 4 is 24.3 Å². The number of carbonyl (C=O) groups excluding carboxylic acids is 1. The van der Waals surface area contributed by atoms with Gasteiger partial charge in [0.25, 0.3) is 0 Å². The smallest absolute Gasteiger partial charge is 0.402 e. The van der Waals surface area contributed by atoms with E-state index in [0.29, 0.717) is 18.7 Å². The van der Waals surface area contributed by atoms with Crippen LogP contribution in [0.2, 0.25) is 0 Å². The Morgan fingerprint density at radius 1 is 1.39 bits per heavy atom. The monoisotopic (exact) mass is 398 g/mol. The van der Waals surface area contributed by atoms with Crippen LogP contribution in [-0.2, 0) is 9.31 Å². The lowest BCUT2D eigenvalue weighted by Crippen LogP contribution is -2.37. The molecule has 2 saturated heterocycles. The van der Waals surface area contributed by atoms with Gasteiger partial charge in [-0.05, 0) is 57.6 Å². The second kappa shape index (κ2) is 7.59. The van der Waals surface area contributed by atoms with E-state index in [1.54, 1.807) is 12.1 Å². The van der Waals surface area contributed by atoms with Crippen LogP contribution in [0.4, 0.5) is 23.7 Å². The van der Waals surface area contributed by atoms with Crippen molar-refractivity contribution in [2.45, 2.75) is 58.4 Å². The van der Waals surface area contributed by atoms with E-state index in [-0.39, 0.29) is 18.7 Å². The quantitative estimate of drug-likeness (QED) is 0.790. The first-order valence-electron chi connectivity index (χ1n) is 9.51. The molecular weight excluding hydrogens is 372 g/mol. The highest BCUT2D eigenvalue weighted by molar-refractivity contribution is 6.62. The summed E-state index contributed by atoms with van der Waals surface area (Å²) < 4.78 is 49.6. The second-order valence-corrected chi connectivity index (χ2v) is 8.25. The lowest BCUT2D eigenvalue weighted by molar-refractivity contribution is -0.143. The summed E-state index contributed by atoms with van der Waals surface area (Å²) in [5, 5.41) is 2.78. The molecule has 5 nitrogen and oxygen atoms in total. The maximum absolute atomic E-state index is 12.6. The summed E-state index contributed by atoms with van der Waals surface area (Å²) in [6, 6.07) is 5.05. The predicted molar refractivity (Wildman–Crippen MR) is 102 cm³/mol. The summed E-state index contributed by atoms with van der Waals surface area (Å²) in [5.74, 6) is -0.539. The summed E-state index contributed by atoms with van der Waals surface area (Å²) in [7, 11) is -0.523. The third-order valence-corrected chi connectivity index (χ3v) is 5.60. The van der Waals surface area contributed by atoms with Crippen molar-refractivity contribution in [1.82, 2.24) is 4.90 Å². The van der Waals surface area contributed by atoms with Gasteiger partial charge in [0.05, 0.1) is 11.7 Å². The zero-order chi connectivity index (χ0) is 20.7. The van der Waals surface area contributed by atoms with Crippen LogP contribution in [0.25, 0.3) is 0 Å². The van der Waals surface area contributed by atoms with Crippen LogP contribution in [0, 0.1) is 12.8 Å². The highest BCUT2D eigenvalue weighted by Crippen LogP contribution is 2.31. The van der Waals surface area contributed by atoms with Gasteiger partial charge in [0, 0.05) is 25.2 Å². The molecule has 1 aromatic carbocycles. The molecule has 0 aliphatic carbocycles. The number of rotatable bonds is 3. The number of hydrogen-bond acceptors (Lipinski definition) is 3. The molecule has 1 aromatic rings. The highest BCUT2D eigenvalue weighted by atomic mass is 19.4. The molecule has 1 N–H and O–H groups in total. The van der Waals surface area contributed by atoms with E-state index in [4.69, 9.17) is 9.31 Å². The first kappa shape index (κ1) is 21.0. The van der Waals surface area contributed by atoms with Crippen molar-refractivity contribution in [1.29, 1.82) is 0 Å². The largest absolute Gasteiger partial charge is 0.494 e. The van der Waals surface area contributed by atoms with Gasteiger partial charge in [-0.25, -0.2) is 4.79 Å². The van der Waals surface area contributed by atoms with Crippen LogP contribution < -0.4 is 10.8 Å². The van der Waals surface area contributed by atoms with Gasteiger partial charge in [0.15, 0.2) is 0 Å². The fourth-order valence-corrected chi connectivity index (χ4v) is 3.57. The third kappa shape index (κ3) is 4.81. The number of nitrogens with zero attached hydrogens (tertiary/aromatic N) is 1. The van der Waals surface area contributed by atoms with Crippen molar-refractivity contribution in [3.05, 3.63) is 23.8 Å². The number of aryl methyl sites for hydroxylation is 1. The molecule has 0 saturated carbocycles. The number of nitrogens with one attached hydrogen (secondary N) is 1. The Bertz CT molecular complexity index is 742. The zero-order valence-electron chi connectivity index (χ0n) is 16.6. The molecule has 2 heterocycles. The number of hydrogen-bond donors (Lipinski definition) is 1. The number of halogens is 3. The fraction of sp³-hybridized carbons (Fsp3) is 0.632. The van der Waals surface area contributed by atoms with Crippen LogP contribution in [0.5, 0.6) is 0 Å².